The van der Waals surface area contributed by atoms with E-state index in [4.69, 9.17) is 5.73 Å². The molecule has 2 N–H and O–H groups in total. The van der Waals surface area contributed by atoms with Gasteiger partial charge in [-0.05, 0) is 37.0 Å². The molecule has 1 aliphatic carbocycles. The van der Waals surface area contributed by atoms with Gasteiger partial charge in [-0.15, -0.1) is 0 Å². The summed E-state index contributed by atoms with van der Waals surface area (Å²) in [4.78, 5) is 0. The summed E-state index contributed by atoms with van der Waals surface area (Å²) in [5.74, 6) is 2.67. The summed E-state index contributed by atoms with van der Waals surface area (Å²) in [6.07, 6.45) is 8.13. The summed E-state index contributed by atoms with van der Waals surface area (Å²) in [6, 6.07) is 0.441. The summed E-state index contributed by atoms with van der Waals surface area (Å²) < 4.78 is 0. The standard InChI is InChI=1S/C13H27N/c1-4-5-13(14)11(3)9-12-7-6-10(2)8-12/h10-13H,4-9,14H2,1-3H3. The second kappa shape index (κ2) is 5.75. The molecule has 4 atom stereocenters. The molecule has 0 saturated heterocycles. The molecule has 0 heterocycles. The van der Waals surface area contributed by atoms with Crippen LogP contribution >= 0.6 is 0 Å². The molecular weight excluding hydrogens is 170 g/mol. The summed E-state index contributed by atoms with van der Waals surface area (Å²) in [7, 11) is 0. The van der Waals surface area contributed by atoms with Crippen LogP contribution in [0.15, 0.2) is 0 Å². The Morgan fingerprint density at radius 1 is 1.36 bits per heavy atom. The van der Waals surface area contributed by atoms with Crippen LogP contribution < -0.4 is 5.73 Å². The van der Waals surface area contributed by atoms with E-state index in [0.717, 1.165) is 17.8 Å². The Hall–Kier alpha value is -0.0400. The molecule has 1 nitrogen and oxygen atoms in total. The van der Waals surface area contributed by atoms with E-state index in [1.165, 1.54) is 38.5 Å². The summed E-state index contributed by atoms with van der Waals surface area (Å²) >= 11 is 0. The van der Waals surface area contributed by atoms with Gasteiger partial charge in [-0.2, -0.15) is 0 Å². The number of nitrogens with two attached hydrogens (primary N) is 1. The van der Waals surface area contributed by atoms with Gasteiger partial charge < -0.3 is 5.73 Å². The SMILES string of the molecule is CCCC(N)C(C)CC1CCC(C)C1. The molecule has 0 spiro atoms. The fourth-order valence-corrected chi connectivity index (χ4v) is 2.86. The van der Waals surface area contributed by atoms with Crippen molar-refractivity contribution in [3.8, 4) is 0 Å². The smallest absolute Gasteiger partial charge is 0.00645 e. The van der Waals surface area contributed by atoms with E-state index >= 15 is 0 Å². The van der Waals surface area contributed by atoms with E-state index in [-0.39, 0.29) is 0 Å². The molecule has 1 rings (SSSR count). The minimum Gasteiger partial charge on any atom is -0.327 e. The fraction of sp³-hybridized carbons (Fsp3) is 1.00. The Bertz CT molecular complexity index is 155. The van der Waals surface area contributed by atoms with Crippen LogP contribution in [-0.2, 0) is 0 Å². The van der Waals surface area contributed by atoms with Gasteiger partial charge in [0.1, 0.15) is 0 Å². The van der Waals surface area contributed by atoms with Crippen LogP contribution in [0.2, 0.25) is 0 Å². The maximum atomic E-state index is 6.14. The minimum atomic E-state index is 0.441. The Kier molecular flexibility index (Phi) is 4.94. The van der Waals surface area contributed by atoms with Gasteiger partial charge in [0.2, 0.25) is 0 Å². The third-order valence-corrected chi connectivity index (χ3v) is 3.86. The van der Waals surface area contributed by atoms with Crippen molar-refractivity contribution in [2.24, 2.45) is 23.5 Å². The highest BCUT2D eigenvalue weighted by Crippen LogP contribution is 2.35. The molecule has 0 aromatic heterocycles. The first-order valence-electron chi connectivity index (χ1n) is 6.39. The molecule has 0 aliphatic heterocycles. The van der Waals surface area contributed by atoms with Gasteiger partial charge in [0.25, 0.3) is 0 Å². The molecular formula is C13H27N. The molecule has 84 valence electrons. The lowest BCUT2D eigenvalue weighted by molar-refractivity contribution is 0.329. The van der Waals surface area contributed by atoms with E-state index in [0.29, 0.717) is 6.04 Å². The Morgan fingerprint density at radius 3 is 2.57 bits per heavy atom. The normalized spacial score (nSPS) is 31.7. The van der Waals surface area contributed by atoms with Crippen molar-refractivity contribution in [3.05, 3.63) is 0 Å². The van der Waals surface area contributed by atoms with Gasteiger partial charge in [0, 0.05) is 6.04 Å². The highest BCUT2D eigenvalue weighted by Gasteiger charge is 2.24. The van der Waals surface area contributed by atoms with Crippen molar-refractivity contribution < 1.29 is 0 Å². The van der Waals surface area contributed by atoms with E-state index in [1.54, 1.807) is 0 Å². The molecule has 1 saturated carbocycles. The van der Waals surface area contributed by atoms with Crippen LogP contribution in [-0.4, -0.2) is 6.04 Å². The van der Waals surface area contributed by atoms with Crippen molar-refractivity contribution in [1.29, 1.82) is 0 Å². The number of hydrogen-bond donors (Lipinski definition) is 1. The third-order valence-electron chi connectivity index (χ3n) is 3.86. The van der Waals surface area contributed by atoms with E-state index < -0.39 is 0 Å². The second-order valence-electron chi connectivity index (χ2n) is 5.45. The van der Waals surface area contributed by atoms with Crippen LogP contribution in [0.4, 0.5) is 0 Å². The van der Waals surface area contributed by atoms with Gasteiger partial charge in [0.05, 0.1) is 0 Å². The third kappa shape index (κ3) is 3.61. The number of hydrogen-bond acceptors (Lipinski definition) is 1. The molecule has 1 heteroatoms. The Labute approximate surface area is 89.5 Å². The quantitative estimate of drug-likeness (QED) is 0.716. The van der Waals surface area contributed by atoms with Crippen molar-refractivity contribution >= 4 is 0 Å². The topological polar surface area (TPSA) is 26.0 Å². The summed E-state index contributed by atoms with van der Waals surface area (Å²) in [5.41, 5.74) is 6.14. The first-order valence-corrected chi connectivity index (χ1v) is 6.39. The van der Waals surface area contributed by atoms with Gasteiger partial charge in [0.15, 0.2) is 0 Å². The predicted molar refractivity (Wildman–Crippen MR) is 63.2 cm³/mol. The summed E-state index contributed by atoms with van der Waals surface area (Å²) in [6.45, 7) is 6.95. The molecule has 0 radical (unpaired) electrons. The summed E-state index contributed by atoms with van der Waals surface area (Å²) in [5, 5.41) is 0. The number of rotatable bonds is 5. The highest BCUT2D eigenvalue weighted by atomic mass is 14.6. The first kappa shape index (κ1) is 12.0. The molecule has 0 aromatic carbocycles. The van der Waals surface area contributed by atoms with Crippen molar-refractivity contribution in [3.63, 3.8) is 0 Å². The Morgan fingerprint density at radius 2 is 2.07 bits per heavy atom. The maximum Gasteiger partial charge on any atom is 0.00645 e. The van der Waals surface area contributed by atoms with Crippen molar-refractivity contribution in [2.75, 3.05) is 0 Å². The average molecular weight is 197 g/mol. The lowest BCUT2D eigenvalue weighted by Gasteiger charge is -2.22. The molecule has 1 aliphatic rings. The monoisotopic (exact) mass is 197 g/mol. The van der Waals surface area contributed by atoms with E-state index in [1.807, 2.05) is 0 Å². The average Bonchev–Trinajstić information content (AvgIpc) is 2.51. The molecule has 0 amide bonds. The lowest BCUT2D eigenvalue weighted by atomic mass is 9.87. The van der Waals surface area contributed by atoms with Gasteiger partial charge >= 0.3 is 0 Å². The molecule has 0 aromatic rings. The lowest BCUT2D eigenvalue weighted by Crippen LogP contribution is -2.29. The van der Waals surface area contributed by atoms with Crippen molar-refractivity contribution in [1.82, 2.24) is 0 Å². The van der Waals surface area contributed by atoms with Crippen LogP contribution in [0, 0.1) is 17.8 Å². The van der Waals surface area contributed by atoms with Crippen LogP contribution in [0.25, 0.3) is 0 Å². The van der Waals surface area contributed by atoms with Crippen LogP contribution in [0.5, 0.6) is 0 Å². The van der Waals surface area contributed by atoms with E-state index in [2.05, 4.69) is 20.8 Å². The first-order chi connectivity index (χ1) is 6.63. The zero-order valence-corrected chi connectivity index (χ0v) is 10.1. The van der Waals surface area contributed by atoms with Crippen LogP contribution in [0.1, 0.15) is 59.3 Å². The molecule has 1 fully saturated rings. The zero-order valence-electron chi connectivity index (χ0n) is 10.1. The van der Waals surface area contributed by atoms with Gasteiger partial charge in [-0.3, -0.25) is 0 Å². The van der Waals surface area contributed by atoms with Crippen LogP contribution in [0.3, 0.4) is 0 Å². The predicted octanol–water partition coefficient (Wildman–Crippen LogP) is 3.58. The second-order valence-corrected chi connectivity index (χ2v) is 5.45. The molecule has 14 heavy (non-hydrogen) atoms. The highest BCUT2D eigenvalue weighted by molar-refractivity contribution is 4.78. The largest absolute Gasteiger partial charge is 0.327 e. The fourth-order valence-electron chi connectivity index (χ4n) is 2.86. The zero-order chi connectivity index (χ0) is 10.6. The molecule has 4 unspecified atom stereocenters. The van der Waals surface area contributed by atoms with Gasteiger partial charge in [-0.25, -0.2) is 0 Å². The van der Waals surface area contributed by atoms with E-state index in [9.17, 15) is 0 Å². The molecule has 0 bridgehead atoms. The maximum absolute atomic E-state index is 6.14. The van der Waals surface area contributed by atoms with Crippen molar-refractivity contribution in [2.45, 2.75) is 65.3 Å². The Balaban J connectivity index is 2.22. The minimum absolute atomic E-state index is 0.441. The van der Waals surface area contributed by atoms with Gasteiger partial charge in [-0.1, -0.05) is 40.0 Å².